The molecule has 0 bridgehead atoms. The summed E-state index contributed by atoms with van der Waals surface area (Å²) in [4.78, 5) is 43.8. The van der Waals surface area contributed by atoms with Crippen LogP contribution in [-0.4, -0.2) is 40.6 Å². The van der Waals surface area contributed by atoms with Crippen molar-refractivity contribution < 1.29 is 14.3 Å². The third kappa shape index (κ3) is 6.69. The van der Waals surface area contributed by atoms with Crippen LogP contribution in [0.4, 0.5) is 0 Å². The lowest BCUT2D eigenvalue weighted by Gasteiger charge is -2.14. The quantitative estimate of drug-likeness (QED) is 0.167. The van der Waals surface area contributed by atoms with Gasteiger partial charge in [-0.05, 0) is 60.4 Å². The third-order valence-corrected chi connectivity index (χ3v) is 7.04. The number of carbonyl (C=O) groups is 2. The molecule has 4 aromatic rings. The van der Waals surface area contributed by atoms with E-state index in [1.165, 1.54) is 11.8 Å². The van der Waals surface area contributed by atoms with E-state index in [-0.39, 0.29) is 23.0 Å². The van der Waals surface area contributed by atoms with Crippen LogP contribution in [0.15, 0.2) is 82.7 Å². The van der Waals surface area contributed by atoms with E-state index in [4.69, 9.17) is 9.72 Å². The first-order valence-electron chi connectivity index (χ1n) is 12.5. The maximum atomic E-state index is 13.6. The van der Waals surface area contributed by atoms with E-state index in [2.05, 4.69) is 5.32 Å². The molecule has 1 amide bonds. The van der Waals surface area contributed by atoms with Crippen molar-refractivity contribution in [3.63, 3.8) is 0 Å². The standard InChI is InChI=1S/C30H31N3O4S/c1-20(2)18-31-28(35)23-11-14-25-26(17-23)32-30(33(29(25)36)16-15-21-7-5-4-6-8-21)38-19-27(34)22-9-12-24(37-3)13-10-22/h4-14,17,20H,15-16,18-19H2,1-3H3,(H,31,35). The summed E-state index contributed by atoms with van der Waals surface area (Å²) in [5, 5.41) is 3.78. The molecule has 0 aliphatic carbocycles. The Morgan fingerprint density at radius 3 is 2.39 bits per heavy atom. The molecule has 4 rings (SSSR count). The number of ketones is 1. The van der Waals surface area contributed by atoms with Crippen LogP contribution in [-0.2, 0) is 13.0 Å². The summed E-state index contributed by atoms with van der Waals surface area (Å²) in [7, 11) is 1.58. The maximum Gasteiger partial charge on any atom is 0.262 e. The molecule has 0 unspecified atom stereocenters. The number of hydrogen-bond donors (Lipinski definition) is 1. The third-order valence-electron chi connectivity index (χ3n) is 6.06. The Balaban J connectivity index is 1.65. The molecular weight excluding hydrogens is 498 g/mol. The monoisotopic (exact) mass is 529 g/mol. The number of fused-ring (bicyclic) bond motifs is 1. The highest BCUT2D eigenvalue weighted by Crippen LogP contribution is 2.22. The van der Waals surface area contributed by atoms with Crippen LogP contribution in [0, 0.1) is 5.92 Å². The number of aromatic nitrogens is 2. The SMILES string of the molecule is COc1ccc(C(=O)CSc2nc3cc(C(=O)NCC(C)C)ccc3c(=O)n2CCc2ccccc2)cc1. The summed E-state index contributed by atoms with van der Waals surface area (Å²) < 4.78 is 6.80. The summed E-state index contributed by atoms with van der Waals surface area (Å²) in [6.45, 7) is 5.02. The predicted molar refractivity (Wildman–Crippen MR) is 151 cm³/mol. The number of Topliss-reactive ketones (excluding diaryl/α,β-unsaturated/α-hetero) is 1. The number of benzene rings is 3. The maximum absolute atomic E-state index is 13.6. The molecule has 38 heavy (non-hydrogen) atoms. The molecule has 1 heterocycles. The molecule has 0 spiro atoms. The summed E-state index contributed by atoms with van der Waals surface area (Å²) in [5.41, 5.74) is 2.34. The minimum absolute atomic E-state index is 0.0802. The molecule has 196 valence electrons. The fourth-order valence-corrected chi connectivity index (χ4v) is 4.84. The second-order valence-electron chi connectivity index (χ2n) is 9.36. The first kappa shape index (κ1) is 27.1. The van der Waals surface area contributed by atoms with Gasteiger partial charge in [0.2, 0.25) is 0 Å². The van der Waals surface area contributed by atoms with Crippen molar-refractivity contribution in [1.29, 1.82) is 0 Å². The predicted octanol–water partition coefficient (Wildman–Crippen LogP) is 5.01. The van der Waals surface area contributed by atoms with E-state index in [1.54, 1.807) is 54.1 Å². The van der Waals surface area contributed by atoms with Crippen molar-refractivity contribution in [3.05, 3.63) is 99.8 Å². The van der Waals surface area contributed by atoms with Gasteiger partial charge < -0.3 is 10.1 Å². The van der Waals surface area contributed by atoms with Gasteiger partial charge in [-0.2, -0.15) is 0 Å². The van der Waals surface area contributed by atoms with Crippen molar-refractivity contribution in [2.24, 2.45) is 5.92 Å². The summed E-state index contributed by atoms with van der Waals surface area (Å²) >= 11 is 1.22. The van der Waals surface area contributed by atoms with Crippen LogP contribution >= 0.6 is 11.8 Å². The Morgan fingerprint density at radius 2 is 1.71 bits per heavy atom. The molecule has 0 saturated heterocycles. The van der Waals surface area contributed by atoms with E-state index in [9.17, 15) is 14.4 Å². The lowest BCUT2D eigenvalue weighted by atomic mass is 10.1. The van der Waals surface area contributed by atoms with E-state index >= 15 is 0 Å². The van der Waals surface area contributed by atoms with Gasteiger partial charge >= 0.3 is 0 Å². The molecule has 0 radical (unpaired) electrons. The molecule has 0 atom stereocenters. The molecule has 1 aromatic heterocycles. The van der Waals surface area contributed by atoms with Gasteiger partial charge in [-0.15, -0.1) is 0 Å². The number of aryl methyl sites for hydroxylation is 1. The summed E-state index contributed by atoms with van der Waals surface area (Å²) in [6, 6.07) is 21.8. The second kappa shape index (κ2) is 12.6. The van der Waals surface area contributed by atoms with Crippen molar-refractivity contribution in [1.82, 2.24) is 14.9 Å². The van der Waals surface area contributed by atoms with Gasteiger partial charge in [0, 0.05) is 24.2 Å². The molecule has 8 heteroatoms. The normalized spacial score (nSPS) is 11.1. The molecule has 0 saturated carbocycles. The first-order valence-corrected chi connectivity index (χ1v) is 13.5. The van der Waals surface area contributed by atoms with Crippen LogP contribution in [0.3, 0.4) is 0 Å². The van der Waals surface area contributed by atoms with Gasteiger partial charge in [0.1, 0.15) is 5.75 Å². The van der Waals surface area contributed by atoms with Gasteiger partial charge in [-0.1, -0.05) is 55.9 Å². The van der Waals surface area contributed by atoms with Crippen LogP contribution in [0.2, 0.25) is 0 Å². The summed E-state index contributed by atoms with van der Waals surface area (Å²) in [5.74, 6) is 0.821. The van der Waals surface area contributed by atoms with Gasteiger partial charge in [0.15, 0.2) is 10.9 Å². The molecule has 0 fully saturated rings. The zero-order chi connectivity index (χ0) is 27.1. The zero-order valence-corrected chi connectivity index (χ0v) is 22.6. The van der Waals surface area contributed by atoms with Crippen molar-refractivity contribution in [3.8, 4) is 5.75 Å². The fraction of sp³-hybridized carbons (Fsp3) is 0.267. The number of methoxy groups -OCH3 is 1. The number of carbonyl (C=O) groups excluding carboxylic acids is 2. The van der Waals surface area contributed by atoms with Crippen molar-refractivity contribution in [2.45, 2.75) is 32.0 Å². The lowest BCUT2D eigenvalue weighted by Crippen LogP contribution is -2.28. The van der Waals surface area contributed by atoms with E-state index in [0.29, 0.717) is 58.4 Å². The van der Waals surface area contributed by atoms with Crippen LogP contribution in [0.1, 0.15) is 40.1 Å². The topological polar surface area (TPSA) is 90.3 Å². The largest absolute Gasteiger partial charge is 0.497 e. The smallest absolute Gasteiger partial charge is 0.262 e. The highest BCUT2D eigenvalue weighted by atomic mass is 32.2. The lowest BCUT2D eigenvalue weighted by molar-refractivity contribution is 0.0948. The number of thioether (sulfide) groups is 1. The van der Waals surface area contributed by atoms with Crippen LogP contribution in [0.25, 0.3) is 10.9 Å². The van der Waals surface area contributed by atoms with Crippen molar-refractivity contribution in [2.75, 3.05) is 19.4 Å². The number of hydrogen-bond acceptors (Lipinski definition) is 6. The van der Waals surface area contributed by atoms with Gasteiger partial charge in [0.25, 0.3) is 11.5 Å². The number of amides is 1. The Morgan fingerprint density at radius 1 is 1.00 bits per heavy atom. The van der Waals surface area contributed by atoms with E-state index < -0.39 is 0 Å². The second-order valence-corrected chi connectivity index (χ2v) is 10.3. The van der Waals surface area contributed by atoms with Crippen molar-refractivity contribution >= 4 is 34.4 Å². The Kier molecular flexibility index (Phi) is 8.97. The molecule has 3 aromatic carbocycles. The minimum atomic E-state index is -0.209. The fourth-order valence-electron chi connectivity index (χ4n) is 3.92. The number of nitrogens with zero attached hydrogens (tertiary/aromatic N) is 2. The molecule has 1 N–H and O–H groups in total. The highest BCUT2D eigenvalue weighted by Gasteiger charge is 2.16. The molecular formula is C30H31N3O4S. The average molecular weight is 530 g/mol. The Hall–Kier alpha value is -3.91. The van der Waals surface area contributed by atoms with Crippen LogP contribution in [0.5, 0.6) is 5.75 Å². The van der Waals surface area contributed by atoms with Crippen LogP contribution < -0.4 is 15.6 Å². The molecule has 0 aliphatic rings. The molecule has 0 aliphatic heterocycles. The average Bonchev–Trinajstić information content (AvgIpc) is 2.94. The molecule has 7 nitrogen and oxygen atoms in total. The van der Waals surface area contributed by atoms with Gasteiger partial charge in [0.05, 0.1) is 23.8 Å². The Labute approximate surface area is 226 Å². The summed E-state index contributed by atoms with van der Waals surface area (Å²) in [6.07, 6.45) is 0.642. The number of nitrogens with one attached hydrogen (secondary N) is 1. The number of rotatable bonds is 11. The van der Waals surface area contributed by atoms with Gasteiger partial charge in [-0.3, -0.25) is 19.0 Å². The minimum Gasteiger partial charge on any atom is -0.497 e. The Bertz CT molecular complexity index is 1480. The zero-order valence-electron chi connectivity index (χ0n) is 21.8. The first-order chi connectivity index (χ1) is 18.4. The van der Waals surface area contributed by atoms with E-state index in [0.717, 1.165) is 5.56 Å². The highest BCUT2D eigenvalue weighted by molar-refractivity contribution is 7.99. The van der Waals surface area contributed by atoms with Gasteiger partial charge in [-0.25, -0.2) is 4.98 Å². The van der Waals surface area contributed by atoms with E-state index in [1.807, 2.05) is 44.2 Å². The number of ether oxygens (including phenoxy) is 1.